The van der Waals surface area contributed by atoms with Crippen molar-refractivity contribution in [2.24, 2.45) is 0 Å². The van der Waals surface area contributed by atoms with Crippen LogP contribution in [-0.4, -0.2) is 70.9 Å². The molecule has 9 nitrogen and oxygen atoms in total. The average molecular weight is 647 g/mol. The summed E-state index contributed by atoms with van der Waals surface area (Å²) in [5.74, 6) is 0.365. The molecule has 3 aliphatic heterocycles. The molecule has 0 bridgehead atoms. The Kier molecular flexibility index (Phi) is 9.43. The maximum Gasteiger partial charge on any atom is 0.411 e. The normalized spacial score (nSPS) is 22.6. The first-order valence-electron chi connectivity index (χ1n) is 16.4. The van der Waals surface area contributed by atoms with Crippen LogP contribution in [0.2, 0.25) is 0 Å². The molecular formula is C37H43FN2O7. The summed E-state index contributed by atoms with van der Waals surface area (Å²) in [4.78, 5) is 30.5. The number of halogens is 1. The highest BCUT2D eigenvalue weighted by Gasteiger charge is 2.45. The Bertz CT molecular complexity index is 1550. The molecule has 0 aliphatic carbocycles. The molecule has 0 saturated carbocycles. The Morgan fingerprint density at radius 1 is 1.00 bits per heavy atom. The van der Waals surface area contributed by atoms with Crippen molar-refractivity contribution in [1.29, 1.82) is 0 Å². The molecule has 0 radical (unpaired) electrons. The quantitative estimate of drug-likeness (QED) is 0.306. The van der Waals surface area contributed by atoms with Crippen molar-refractivity contribution in [1.82, 2.24) is 9.80 Å². The number of esters is 1. The van der Waals surface area contributed by atoms with E-state index in [0.29, 0.717) is 74.6 Å². The predicted molar refractivity (Wildman–Crippen MR) is 172 cm³/mol. The molecule has 250 valence electrons. The lowest BCUT2D eigenvalue weighted by atomic mass is 9.83. The van der Waals surface area contributed by atoms with Crippen LogP contribution in [0.3, 0.4) is 0 Å². The zero-order valence-electron chi connectivity index (χ0n) is 27.2. The van der Waals surface area contributed by atoms with Crippen molar-refractivity contribution in [3.05, 3.63) is 95.3 Å². The minimum Gasteiger partial charge on any atom is -0.491 e. The van der Waals surface area contributed by atoms with Crippen molar-refractivity contribution in [2.45, 2.75) is 82.5 Å². The molecule has 0 spiro atoms. The van der Waals surface area contributed by atoms with E-state index in [0.717, 1.165) is 5.56 Å². The van der Waals surface area contributed by atoms with Gasteiger partial charge in [0.2, 0.25) is 0 Å². The third-order valence-corrected chi connectivity index (χ3v) is 9.17. The number of rotatable bonds is 7. The lowest BCUT2D eigenvalue weighted by Crippen LogP contribution is -2.53. The minimum atomic E-state index is -1.09. The van der Waals surface area contributed by atoms with Crippen LogP contribution >= 0.6 is 0 Å². The molecule has 3 aromatic carbocycles. The Labute approximate surface area is 275 Å². The second-order valence-corrected chi connectivity index (χ2v) is 13.6. The van der Waals surface area contributed by atoms with Gasteiger partial charge in [-0.15, -0.1) is 0 Å². The standard InChI is InChI=1S/C37H43FN2O7/c1-36(2,3)47-35(42)40-19-7-10-30(40)34(41)46-33-29-16-15-28(44-23-25-8-5-4-6-9-25)22-32(29)45-24-31(33)39-20-17-37(43,18-21-39)26-11-13-27(38)14-12-26/h4-6,8-9,11-16,22,30-31,33,43H,7,10,17-21,23-24H2,1-3H3/t30-,31+,33-/m1/s1. The lowest BCUT2D eigenvalue weighted by Gasteiger charge is -2.45. The molecule has 0 unspecified atom stereocenters. The van der Waals surface area contributed by atoms with Crippen LogP contribution in [-0.2, 0) is 26.5 Å². The zero-order chi connectivity index (χ0) is 33.2. The first-order chi connectivity index (χ1) is 22.5. The fourth-order valence-corrected chi connectivity index (χ4v) is 6.64. The van der Waals surface area contributed by atoms with E-state index in [2.05, 4.69) is 4.90 Å². The predicted octanol–water partition coefficient (Wildman–Crippen LogP) is 6.13. The first kappa shape index (κ1) is 32.8. The summed E-state index contributed by atoms with van der Waals surface area (Å²) in [5, 5.41) is 11.5. The largest absolute Gasteiger partial charge is 0.491 e. The van der Waals surface area contributed by atoms with Crippen LogP contribution < -0.4 is 9.47 Å². The van der Waals surface area contributed by atoms with Crippen molar-refractivity contribution in [3.63, 3.8) is 0 Å². The van der Waals surface area contributed by atoms with Crippen molar-refractivity contribution < 1.29 is 38.0 Å². The highest BCUT2D eigenvalue weighted by atomic mass is 19.1. The van der Waals surface area contributed by atoms with Gasteiger partial charge in [-0.05, 0) is 81.8 Å². The Hall–Kier alpha value is -4.15. The van der Waals surface area contributed by atoms with Gasteiger partial charge in [-0.2, -0.15) is 0 Å². The van der Waals surface area contributed by atoms with Gasteiger partial charge in [0.1, 0.15) is 48.3 Å². The van der Waals surface area contributed by atoms with E-state index >= 15 is 0 Å². The highest BCUT2D eigenvalue weighted by molar-refractivity contribution is 5.82. The fourth-order valence-electron chi connectivity index (χ4n) is 6.64. The average Bonchev–Trinajstić information content (AvgIpc) is 3.55. The number of carbonyl (C=O) groups excluding carboxylic acids is 2. The van der Waals surface area contributed by atoms with Gasteiger partial charge < -0.3 is 24.1 Å². The monoisotopic (exact) mass is 646 g/mol. The molecule has 0 aromatic heterocycles. The van der Waals surface area contributed by atoms with Crippen molar-refractivity contribution in [2.75, 3.05) is 26.2 Å². The maximum atomic E-state index is 13.8. The first-order valence-corrected chi connectivity index (χ1v) is 16.4. The van der Waals surface area contributed by atoms with E-state index in [1.54, 1.807) is 32.9 Å². The van der Waals surface area contributed by atoms with E-state index in [9.17, 15) is 19.1 Å². The SMILES string of the molecule is CC(C)(C)OC(=O)N1CCC[C@@H]1C(=O)O[C@@H]1c2ccc(OCc3ccccc3)cc2OC[C@@H]1N1CCC(O)(c2ccc(F)cc2)CC1. The molecule has 3 aromatic rings. The number of amides is 1. The number of fused-ring (bicyclic) bond motifs is 1. The zero-order valence-corrected chi connectivity index (χ0v) is 27.2. The number of ether oxygens (including phenoxy) is 4. The number of aliphatic hydroxyl groups is 1. The molecule has 47 heavy (non-hydrogen) atoms. The topological polar surface area (TPSA) is 97.8 Å². The summed E-state index contributed by atoms with van der Waals surface area (Å²) in [7, 11) is 0. The van der Waals surface area contributed by atoms with Crippen molar-refractivity contribution in [3.8, 4) is 11.5 Å². The molecule has 10 heteroatoms. The summed E-state index contributed by atoms with van der Waals surface area (Å²) in [6.07, 6.45) is 0.779. The van der Waals surface area contributed by atoms with Gasteiger partial charge in [0.15, 0.2) is 0 Å². The summed E-state index contributed by atoms with van der Waals surface area (Å²) in [5.41, 5.74) is 0.645. The summed E-state index contributed by atoms with van der Waals surface area (Å²) in [6, 6.07) is 20.3. The molecule has 3 aliphatic rings. The second-order valence-electron chi connectivity index (χ2n) is 13.6. The molecule has 1 amide bonds. The van der Waals surface area contributed by atoms with Gasteiger partial charge in [0.05, 0.1) is 11.6 Å². The summed E-state index contributed by atoms with van der Waals surface area (Å²) < 4.78 is 37.8. The lowest BCUT2D eigenvalue weighted by molar-refractivity contribution is -0.162. The molecule has 3 heterocycles. The van der Waals surface area contributed by atoms with Crippen LogP contribution in [0.5, 0.6) is 11.5 Å². The smallest absolute Gasteiger partial charge is 0.411 e. The summed E-state index contributed by atoms with van der Waals surface area (Å²) >= 11 is 0. The van der Waals surface area contributed by atoms with Gasteiger partial charge in [0.25, 0.3) is 0 Å². The molecular weight excluding hydrogens is 603 g/mol. The van der Waals surface area contributed by atoms with Gasteiger partial charge in [-0.3, -0.25) is 9.80 Å². The molecule has 3 atom stereocenters. The Morgan fingerprint density at radius 3 is 2.43 bits per heavy atom. The maximum absolute atomic E-state index is 13.8. The Balaban J connectivity index is 1.22. The Morgan fingerprint density at radius 2 is 1.72 bits per heavy atom. The molecule has 1 N–H and O–H groups in total. The van der Waals surface area contributed by atoms with Crippen LogP contribution in [0.15, 0.2) is 72.8 Å². The summed E-state index contributed by atoms with van der Waals surface area (Å²) in [6.45, 7) is 7.48. The van der Waals surface area contributed by atoms with Gasteiger partial charge in [-0.1, -0.05) is 42.5 Å². The number of hydrogen-bond acceptors (Lipinski definition) is 8. The number of nitrogens with zero attached hydrogens (tertiary/aromatic N) is 2. The van der Waals surface area contributed by atoms with E-state index in [4.69, 9.17) is 18.9 Å². The number of carbonyl (C=O) groups is 2. The van der Waals surface area contributed by atoms with E-state index in [-0.39, 0.29) is 18.5 Å². The van der Waals surface area contributed by atoms with Crippen LogP contribution in [0.1, 0.15) is 69.2 Å². The highest BCUT2D eigenvalue weighted by Crippen LogP contribution is 2.42. The van der Waals surface area contributed by atoms with Gasteiger partial charge >= 0.3 is 12.1 Å². The number of hydrogen-bond donors (Lipinski definition) is 1. The third-order valence-electron chi connectivity index (χ3n) is 9.17. The van der Waals surface area contributed by atoms with Gasteiger partial charge in [0, 0.05) is 31.3 Å². The third kappa shape index (κ3) is 7.55. The molecule has 2 fully saturated rings. The number of piperidine rings is 1. The second kappa shape index (κ2) is 13.5. The van der Waals surface area contributed by atoms with E-state index < -0.39 is 35.4 Å². The van der Waals surface area contributed by atoms with E-state index in [1.807, 2.05) is 48.5 Å². The molecule has 6 rings (SSSR count). The molecule has 2 saturated heterocycles. The minimum absolute atomic E-state index is 0.252. The van der Waals surface area contributed by atoms with Crippen molar-refractivity contribution >= 4 is 12.1 Å². The van der Waals surface area contributed by atoms with Crippen LogP contribution in [0, 0.1) is 5.82 Å². The van der Waals surface area contributed by atoms with Crippen LogP contribution in [0.25, 0.3) is 0 Å². The van der Waals surface area contributed by atoms with Gasteiger partial charge in [-0.25, -0.2) is 14.0 Å². The fraction of sp³-hybridized carbons (Fsp3) is 0.459. The number of benzene rings is 3. The van der Waals surface area contributed by atoms with Crippen LogP contribution in [0.4, 0.5) is 9.18 Å². The van der Waals surface area contributed by atoms with E-state index in [1.165, 1.54) is 17.0 Å². The number of likely N-dealkylation sites (tertiary alicyclic amines) is 2.